The Bertz CT molecular complexity index is 1160. The summed E-state index contributed by atoms with van der Waals surface area (Å²) in [6, 6.07) is 26.1. The van der Waals surface area contributed by atoms with Crippen molar-refractivity contribution in [2.45, 2.75) is 13.3 Å². The molecule has 1 nitrogen and oxygen atoms in total. The number of hydrogen-bond donors (Lipinski definition) is 0. The Morgan fingerprint density at radius 2 is 1.63 bits per heavy atom. The second-order valence-electron chi connectivity index (χ2n) is 6.67. The predicted octanol–water partition coefficient (Wildman–Crippen LogP) is 7.01. The Labute approximate surface area is 160 Å². The molecule has 27 heavy (non-hydrogen) atoms. The van der Waals surface area contributed by atoms with Crippen LogP contribution >= 0.6 is 0 Å². The minimum absolute atomic E-state index is 0.910. The van der Waals surface area contributed by atoms with E-state index in [2.05, 4.69) is 103 Å². The third-order valence-corrected chi connectivity index (χ3v) is 4.98. The fourth-order valence-corrected chi connectivity index (χ4v) is 3.67. The summed E-state index contributed by atoms with van der Waals surface area (Å²) in [6.07, 6.45) is 9.02. The summed E-state index contributed by atoms with van der Waals surface area (Å²) < 4.78 is 2.36. The molecule has 0 amide bonds. The molecule has 0 bridgehead atoms. The first kappa shape index (κ1) is 17.1. The van der Waals surface area contributed by atoms with E-state index in [1.807, 2.05) is 12.2 Å². The Balaban J connectivity index is 1.91. The maximum Gasteiger partial charge on any atom is 0.0543 e. The van der Waals surface area contributed by atoms with Crippen molar-refractivity contribution in [3.8, 4) is 5.69 Å². The average Bonchev–Trinajstić information content (AvgIpc) is 3.05. The summed E-state index contributed by atoms with van der Waals surface area (Å²) >= 11 is 0. The zero-order chi connectivity index (χ0) is 18.6. The maximum atomic E-state index is 3.77. The number of nitrogens with zero attached hydrogens (tertiary/aromatic N) is 1. The number of rotatable bonds is 5. The van der Waals surface area contributed by atoms with Crippen LogP contribution in [0.2, 0.25) is 0 Å². The van der Waals surface area contributed by atoms with Crippen molar-refractivity contribution in [3.63, 3.8) is 0 Å². The number of allylic oxidation sites excluding steroid dienone is 5. The van der Waals surface area contributed by atoms with Gasteiger partial charge in [-0.15, -0.1) is 0 Å². The van der Waals surface area contributed by atoms with Gasteiger partial charge in [0.25, 0.3) is 0 Å². The van der Waals surface area contributed by atoms with Crippen LogP contribution in [-0.4, -0.2) is 4.57 Å². The number of para-hydroxylation sites is 2. The van der Waals surface area contributed by atoms with Crippen molar-refractivity contribution in [2.75, 3.05) is 0 Å². The fourth-order valence-electron chi connectivity index (χ4n) is 3.67. The van der Waals surface area contributed by atoms with Crippen LogP contribution in [0, 0.1) is 0 Å². The average molecular weight is 349 g/mol. The van der Waals surface area contributed by atoms with Crippen molar-refractivity contribution in [2.24, 2.45) is 0 Å². The third-order valence-electron chi connectivity index (χ3n) is 4.98. The maximum absolute atomic E-state index is 3.77. The second kappa shape index (κ2) is 7.51. The Hall–Kier alpha value is -3.32. The Morgan fingerprint density at radius 1 is 0.889 bits per heavy atom. The molecule has 1 heterocycles. The number of benzene rings is 3. The molecule has 1 heteroatoms. The van der Waals surface area contributed by atoms with E-state index < -0.39 is 0 Å². The van der Waals surface area contributed by atoms with Crippen molar-refractivity contribution in [1.29, 1.82) is 0 Å². The molecule has 132 valence electrons. The topological polar surface area (TPSA) is 4.93 Å². The summed E-state index contributed by atoms with van der Waals surface area (Å²) in [5.74, 6) is 0. The van der Waals surface area contributed by atoms with E-state index in [1.165, 1.54) is 38.6 Å². The molecule has 0 N–H and O–H groups in total. The van der Waals surface area contributed by atoms with Gasteiger partial charge in [-0.05, 0) is 48.7 Å². The summed E-state index contributed by atoms with van der Waals surface area (Å²) in [7, 11) is 0. The minimum atomic E-state index is 0.910. The zero-order valence-electron chi connectivity index (χ0n) is 15.6. The lowest BCUT2D eigenvalue weighted by Crippen LogP contribution is -1.94. The second-order valence-corrected chi connectivity index (χ2v) is 6.67. The molecule has 1 aromatic heterocycles. The van der Waals surface area contributed by atoms with Crippen molar-refractivity contribution >= 4 is 21.8 Å². The highest BCUT2D eigenvalue weighted by atomic mass is 15.0. The SMILES string of the molecule is C=C/C=C\C(=C/C)Cc1ccc2c3ccccc3n(-c3ccccc3)c2c1. The molecule has 0 radical (unpaired) electrons. The molecule has 4 aromatic rings. The van der Waals surface area contributed by atoms with Gasteiger partial charge in [-0.25, -0.2) is 0 Å². The van der Waals surface area contributed by atoms with Gasteiger partial charge in [0.05, 0.1) is 11.0 Å². The molecule has 0 aliphatic heterocycles. The Kier molecular flexibility index (Phi) is 4.76. The monoisotopic (exact) mass is 349 g/mol. The van der Waals surface area contributed by atoms with Gasteiger partial charge < -0.3 is 4.57 Å². The van der Waals surface area contributed by atoms with E-state index in [0.29, 0.717) is 0 Å². The first-order valence-electron chi connectivity index (χ1n) is 9.33. The minimum Gasteiger partial charge on any atom is -0.309 e. The number of hydrogen-bond acceptors (Lipinski definition) is 0. The fraction of sp³-hybridized carbons (Fsp3) is 0.0769. The molecule has 0 saturated carbocycles. The van der Waals surface area contributed by atoms with Gasteiger partial charge in [0.2, 0.25) is 0 Å². The first-order valence-corrected chi connectivity index (χ1v) is 9.33. The van der Waals surface area contributed by atoms with Crippen LogP contribution in [0.5, 0.6) is 0 Å². The quantitative estimate of drug-likeness (QED) is 0.341. The highest BCUT2D eigenvalue weighted by Crippen LogP contribution is 2.32. The van der Waals surface area contributed by atoms with Gasteiger partial charge in [-0.1, -0.05) is 79.4 Å². The van der Waals surface area contributed by atoms with Gasteiger partial charge in [-0.3, -0.25) is 0 Å². The van der Waals surface area contributed by atoms with E-state index in [0.717, 1.165) is 6.42 Å². The van der Waals surface area contributed by atoms with E-state index in [4.69, 9.17) is 0 Å². The van der Waals surface area contributed by atoms with Crippen LogP contribution in [0.4, 0.5) is 0 Å². The van der Waals surface area contributed by atoms with Crippen LogP contribution in [0.3, 0.4) is 0 Å². The van der Waals surface area contributed by atoms with E-state index >= 15 is 0 Å². The van der Waals surface area contributed by atoms with E-state index in [9.17, 15) is 0 Å². The molecule has 0 spiro atoms. The van der Waals surface area contributed by atoms with Crippen LogP contribution in [0.1, 0.15) is 12.5 Å². The van der Waals surface area contributed by atoms with Crippen LogP contribution in [0.15, 0.2) is 109 Å². The summed E-state index contributed by atoms with van der Waals surface area (Å²) in [5.41, 5.74) is 6.29. The predicted molar refractivity (Wildman–Crippen MR) is 118 cm³/mol. The van der Waals surface area contributed by atoms with Crippen LogP contribution in [-0.2, 0) is 6.42 Å². The molecule has 0 aliphatic carbocycles. The van der Waals surface area contributed by atoms with E-state index in [-0.39, 0.29) is 0 Å². The summed E-state index contributed by atoms with van der Waals surface area (Å²) in [6.45, 7) is 5.85. The number of aromatic nitrogens is 1. The van der Waals surface area contributed by atoms with Crippen molar-refractivity contribution in [1.82, 2.24) is 4.57 Å². The summed E-state index contributed by atoms with van der Waals surface area (Å²) in [4.78, 5) is 0. The molecular formula is C26H23N. The van der Waals surface area contributed by atoms with Gasteiger partial charge in [0, 0.05) is 16.5 Å². The lowest BCUT2D eigenvalue weighted by atomic mass is 10.0. The molecule has 3 aromatic carbocycles. The molecule has 0 saturated heterocycles. The van der Waals surface area contributed by atoms with Crippen molar-refractivity contribution < 1.29 is 0 Å². The molecule has 0 atom stereocenters. The van der Waals surface area contributed by atoms with E-state index in [1.54, 1.807) is 0 Å². The van der Waals surface area contributed by atoms with Crippen LogP contribution in [0.25, 0.3) is 27.5 Å². The summed E-state index contributed by atoms with van der Waals surface area (Å²) in [5, 5.41) is 2.59. The molecule has 0 aliphatic rings. The Morgan fingerprint density at radius 3 is 2.41 bits per heavy atom. The molecule has 4 rings (SSSR count). The first-order chi connectivity index (χ1) is 13.3. The van der Waals surface area contributed by atoms with Gasteiger partial charge in [0.1, 0.15) is 0 Å². The molecule has 0 fully saturated rings. The normalized spacial score (nSPS) is 12.3. The van der Waals surface area contributed by atoms with Crippen LogP contribution < -0.4 is 0 Å². The van der Waals surface area contributed by atoms with Gasteiger partial charge in [-0.2, -0.15) is 0 Å². The molecular weight excluding hydrogens is 326 g/mol. The third kappa shape index (κ3) is 3.24. The smallest absolute Gasteiger partial charge is 0.0543 e. The lowest BCUT2D eigenvalue weighted by Gasteiger charge is -2.09. The highest BCUT2D eigenvalue weighted by molar-refractivity contribution is 6.09. The number of fused-ring (bicyclic) bond motifs is 3. The highest BCUT2D eigenvalue weighted by Gasteiger charge is 2.12. The van der Waals surface area contributed by atoms with Gasteiger partial charge in [0.15, 0.2) is 0 Å². The largest absolute Gasteiger partial charge is 0.309 e. The zero-order valence-corrected chi connectivity index (χ0v) is 15.6. The lowest BCUT2D eigenvalue weighted by molar-refractivity contribution is 1.16. The standard InChI is InChI=1S/C26H23N/c1-3-5-11-20(4-2)18-21-16-17-24-23-14-9-10-15-25(23)27(26(24)19-21)22-12-7-6-8-13-22/h3-17,19H,1,18H2,2H3/b11-5-,20-4+. The van der Waals surface area contributed by atoms with Crippen molar-refractivity contribution in [3.05, 3.63) is 115 Å². The molecule has 0 unspecified atom stereocenters. The van der Waals surface area contributed by atoms with Gasteiger partial charge >= 0.3 is 0 Å².